The van der Waals surface area contributed by atoms with Gasteiger partial charge in [0.25, 0.3) is 11.5 Å². The van der Waals surface area contributed by atoms with Gasteiger partial charge >= 0.3 is 0 Å². The molecule has 1 amide bonds. The number of carbonyl (C=O) groups excluding carboxylic acids is 1. The molecule has 10 heteroatoms. The lowest BCUT2D eigenvalue weighted by molar-refractivity contribution is -0.127. The average Bonchev–Trinajstić information content (AvgIpc) is 3.33. The van der Waals surface area contributed by atoms with Crippen LogP contribution in [0.15, 0.2) is 69.6 Å². The highest BCUT2D eigenvalue weighted by Crippen LogP contribution is 2.41. The first kappa shape index (κ1) is 29.9. The molecule has 0 saturated carbocycles. The van der Waals surface area contributed by atoms with Crippen LogP contribution in [0.2, 0.25) is 0 Å². The summed E-state index contributed by atoms with van der Waals surface area (Å²) >= 11 is 1.25. The minimum Gasteiger partial charge on any atom is -0.496 e. The molecule has 4 aromatic rings. The molecule has 0 N–H and O–H groups in total. The van der Waals surface area contributed by atoms with Gasteiger partial charge in [0.2, 0.25) is 0 Å². The molecule has 5 rings (SSSR count). The molecule has 3 aromatic carbocycles. The molecule has 224 valence electrons. The van der Waals surface area contributed by atoms with Crippen molar-refractivity contribution in [2.75, 3.05) is 41.5 Å². The van der Waals surface area contributed by atoms with Crippen LogP contribution in [0, 0.1) is 0 Å². The monoisotopic (exact) mass is 601 g/mol. The Labute approximate surface area is 253 Å². The predicted octanol–water partition coefficient (Wildman–Crippen LogP) is 4.29. The number of carbonyl (C=O) groups is 1. The zero-order valence-corrected chi connectivity index (χ0v) is 26.2. The van der Waals surface area contributed by atoms with Crippen LogP contribution < -0.4 is 33.8 Å². The second-order valence-corrected chi connectivity index (χ2v) is 10.9. The van der Waals surface area contributed by atoms with Gasteiger partial charge in [-0.3, -0.25) is 14.2 Å². The van der Waals surface area contributed by atoms with Crippen molar-refractivity contribution in [3.05, 3.63) is 90.6 Å². The molecule has 0 fully saturated rings. The van der Waals surface area contributed by atoms with Gasteiger partial charge in [-0.2, -0.15) is 0 Å². The summed E-state index contributed by atoms with van der Waals surface area (Å²) in [5.74, 6) is 1.95. The molecular formula is C33H35N3O6S. The summed E-state index contributed by atoms with van der Waals surface area (Å²) in [6.45, 7) is 6.75. The zero-order chi connectivity index (χ0) is 30.8. The number of fused-ring (bicyclic) bond motifs is 2. The third-order valence-corrected chi connectivity index (χ3v) is 8.74. The van der Waals surface area contributed by atoms with E-state index in [4.69, 9.17) is 23.9 Å². The Hall–Kier alpha value is -4.57. The summed E-state index contributed by atoms with van der Waals surface area (Å²) in [5, 5.41) is 1.86. The summed E-state index contributed by atoms with van der Waals surface area (Å²) in [4.78, 5) is 35.6. The molecule has 1 aliphatic rings. The molecule has 1 aromatic heterocycles. The number of nitrogens with zero attached hydrogens (tertiary/aromatic N) is 3. The van der Waals surface area contributed by atoms with Gasteiger partial charge in [-0.15, -0.1) is 0 Å². The Morgan fingerprint density at radius 3 is 2.21 bits per heavy atom. The molecule has 1 aliphatic heterocycles. The first-order valence-electron chi connectivity index (χ1n) is 14.0. The van der Waals surface area contributed by atoms with Gasteiger partial charge < -0.3 is 23.8 Å². The van der Waals surface area contributed by atoms with Crippen molar-refractivity contribution >= 4 is 34.1 Å². The van der Waals surface area contributed by atoms with Crippen LogP contribution in [-0.4, -0.2) is 56.9 Å². The fraction of sp³-hybridized carbons (Fsp3) is 0.303. The van der Waals surface area contributed by atoms with Crippen LogP contribution in [0.1, 0.15) is 37.9 Å². The number of rotatable bonds is 9. The first-order valence-corrected chi connectivity index (χ1v) is 14.8. The van der Waals surface area contributed by atoms with E-state index in [2.05, 4.69) is 0 Å². The molecular weight excluding hydrogens is 566 g/mol. The third kappa shape index (κ3) is 5.16. The van der Waals surface area contributed by atoms with E-state index in [9.17, 15) is 9.59 Å². The Kier molecular flexibility index (Phi) is 8.59. The molecule has 0 aliphatic carbocycles. The molecule has 0 unspecified atom stereocenters. The maximum absolute atomic E-state index is 14.4. The van der Waals surface area contributed by atoms with Crippen molar-refractivity contribution in [2.45, 2.75) is 26.8 Å². The van der Waals surface area contributed by atoms with Crippen LogP contribution in [0.5, 0.6) is 23.0 Å². The number of aromatic nitrogens is 1. The second-order valence-electron chi connectivity index (χ2n) is 9.91. The summed E-state index contributed by atoms with van der Waals surface area (Å²) in [5.41, 5.74) is 2.03. The average molecular weight is 602 g/mol. The quantitative estimate of drug-likeness (QED) is 0.284. The number of benzene rings is 3. The van der Waals surface area contributed by atoms with Gasteiger partial charge in [-0.05, 0) is 43.7 Å². The molecule has 0 bridgehead atoms. The summed E-state index contributed by atoms with van der Waals surface area (Å²) in [6, 6.07) is 14.5. The maximum Gasteiger partial charge on any atom is 0.271 e. The fourth-order valence-corrected chi connectivity index (χ4v) is 6.62. The van der Waals surface area contributed by atoms with Gasteiger partial charge in [0.05, 0.1) is 49.8 Å². The van der Waals surface area contributed by atoms with Crippen LogP contribution >= 0.6 is 11.3 Å². The van der Waals surface area contributed by atoms with E-state index < -0.39 is 6.04 Å². The van der Waals surface area contributed by atoms with Crippen LogP contribution in [0.4, 0.5) is 0 Å². The van der Waals surface area contributed by atoms with Crippen LogP contribution in [-0.2, 0) is 4.79 Å². The van der Waals surface area contributed by atoms with E-state index in [0.29, 0.717) is 62.3 Å². The van der Waals surface area contributed by atoms with Crippen molar-refractivity contribution in [1.82, 2.24) is 9.47 Å². The van der Waals surface area contributed by atoms with Gasteiger partial charge in [-0.1, -0.05) is 41.7 Å². The smallest absolute Gasteiger partial charge is 0.271 e. The van der Waals surface area contributed by atoms with Crippen LogP contribution in [0.25, 0.3) is 16.8 Å². The molecule has 2 heterocycles. The Bertz CT molecular complexity index is 1890. The number of amides is 1. The molecule has 1 atom stereocenters. The number of methoxy groups -OCH3 is 4. The molecule has 0 radical (unpaired) electrons. The molecule has 0 saturated heterocycles. The van der Waals surface area contributed by atoms with Gasteiger partial charge in [0.15, 0.2) is 4.80 Å². The first-order chi connectivity index (χ1) is 20.8. The largest absolute Gasteiger partial charge is 0.496 e. The van der Waals surface area contributed by atoms with Crippen molar-refractivity contribution < 1.29 is 23.7 Å². The lowest BCUT2D eigenvalue weighted by Gasteiger charge is -2.30. The highest BCUT2D eigenvalue weighted by molar-refractivity contribution is 7.07. The van der Waals surface area contributed by atoms with Crippen LogP contribution in [0.3, 0.4) is 0 Å². The lowest BCUT2D eigenvalue weighted by Crippen LogP contribution is -2.43. The number of allylic oxidation sites excluding steroid dienone is 1. The lowest BCUT2D eigenvalue weighted by atomic mass is 9.90. The van der Waals surface area contributed by atoms with Crippen molar-refractivity contribution in [3.8, 4) is 23.0 Å². The standard InChI is InChI=1S/C33H35N3O6S/c1-8-35(9-2)32(38)28-19(3)34-33-36(30(28)29-22-13-11-10-12-20(22)14-15-24(29)40-5)31(37)27(43-33)18-23-25(41-6)16-21(39-4)17-26(23)42-7/h10-18,30H,8-9H2,1-7H3/b27-18+/t30-/m1/s1. The van der Waals surface area contributed by atoms with E-state index in [1.54, 1.807) is 56.1 Å². The summed E-state index contributed by atoms with van der Waals surface area (Å²) < 4.78 is 24.6. The van der Waals surface area contributed by atoms with Crippen molar-refractivity contribution in [2.24, 2.45) is 4.99 Å². The van der Waals surface area contributed by atoms with Gasteiger partial charge in [0, 0.05) is 30.8 Å². The SMILES string of the molecule is CCN(CC)C(=O)C1=C(C)N=c2s/c(=C/c3c(OC)cc(OC)cc3OC)c(=O)n2[C@H]1c1c(OC)ccc2ccccc12. The van der Waals surface area contributed by atoms with E-state index in [-0.39, 0.29) is 11.5 Å². The summed E-state index contributed by atoms with van der Waals surface area (Å²) in [6.07, 6.45) is 1.74. The third-order valence-electron chi connectivity index (χ3n) is 7.76. The topological polar surface area (TPSA) is 91.6 Å². The van der Waals surface area contributed by atoms with E-state index in [1.807, 2.05) is 57.2 Å². The van der Waals surface area contributed by atoms with E-state index in [0.717, 1.165) is 16.3 Å². The minimum atomic E-state index is -0.771. The Morgan fingerprint density at radius 2 is 1.60 bits per heavy atom. The normalized spacial score (nSPS) is 14.8. The Balaban J connectivity index is 1.86. The predicted molar refractivity (Wildman–Crippen MR) is 168 cm³/mol. The summed E-state index contributed by atoms with van der Waals surface area (Å²) in [7, 11) is 6.26. The van der Waals surface area contributed by atoms with E-state index >= 15 is 0 Å². The highest BCUT2D eigenvalue weighted by Gasteiger charge is 2.36. The van der Waals surface area contributed by atoms with Gasteiger partial charge in [-0.25, -0.2) is 4.99 Å². The van der Waals surface area contributed by atoms with Gasteiger partial charge in [0.1, 0.15) is 29.0 Å². The molecule has 0 spiro atoms. The van der Waals surface area contributed by atoms with E-state index in [1.165, 1.54) is 11.3 Å². The Morgan fingerprint density at radius 1 is 0.953 bits per heavy atom. The fourth-order valence-electron chi connectivity index (χ4n) is 5.59. The number of thiazole rings is 1. The molecule has 43 heavy (non-hydrogen) atoms. The second kappa shape index (κ2) is 12.3. The highest BCUT2D eigenvalue weighted by atomic mass is 32.1. The number of ether oxygens (including phenoxy) is 4. The van der Waals surface area contributed by atoms with Crippen molar-refractivity contribution in [1.29, 1.82) is 0 Å². The number of likely N-dealkylation sites (N-methyl/N-ethyl adjacent to an activating group) is 1. The van der Waals surface area contributed by atoms with Crippen molar-refractivity contribution in [3.63, 3.8) is 0 Å². The zero-order valence-electron chi connectivity index (χ0n) is 25.4. The molecule has 9 nitrogen and oxygen atoms in total. The number of hydrogen-bond donors (Lipinski definition) is 0. The number of hydrogen-bond acceptors (Lipinski definition) is 8. The maximum atomic E-state index is 14.4. The minimum absolute atomic E-state index is 0.168.